The molecule has 2 aromatic heterocycles. The normalized spacial score (nSPS) is 11.3. The standard InChI is InChI=1S/C25H22N4O2S/c1-3-29-21-10-6-4-8-18(21)20-14-17(12-13-22(20)29)27-25(30)19-9-5-7-11-23(19)32-15-24-26-16(2)31-28-24/h4-14H,3,15H2,1-2H3,(H,27,30). The number of anilines is 1. The zero-order valence-electron chi connectivity index (χ0n) is 17.8. The van der Waals surface area contributed by atoms with Crippen molar-refractivity contribution in [1.29, 1.82) is 0 Å². The van der Waals surface area contributed by atoms with E-state index in [1.54, 1.807) is 6.92 Å². The molecular formula is C25H22N4O2S. The van der Waals surface area contributed by atoms with Gasteiger partial charge in [-0.2, -0.15) is 4.98 Å². The lowest BCUT2D eigenvalue weighted by Gasteiger charge is -2.10. The minimum Gasteiger partial charge on any atom is -0.341 e. The number of nitrogens with one attached hydrogen (secondary N) is 1. The monoisotopic (exact) mass is 442 g/mol. The Bertz CT molecular complexity index is 1440. The molecule has 3 aromatic carbocycles. The smallest absolute Gasteiger partial charge is 0.256 e. The molecule has 0 aliphatic heterocycles. The molecule has 0 radical (unpaired) electrons. The van der Waals surface area contributed by atoms with E-state index < -0.39 is 0 Å². The van der Waals surface area contributed by atoms with Crippen LogP contribution in [0.4, 0.5) is 5.69 Å². The van der Waals surface area contributed by atoms with Gasteiger partial charge < -0.3 is 14.4 Å². The largest absolute Gasteiger partial charge is 0.341 e. The lowest BCUT2D eigenvalue weighted by atomic mass is 10.1. The van der Waals surface area contributed by atoms with E-state index in [4.69, 9.17) is 4.52 Å². The number of fused-ring (bicyclic) bond motifs is 3. The first kappa shape index (κ1) is 20.3. The molecular weight excluding hydrogens is 420 g/mol. The first-order valence-electron chi connectivity index (χ1n) is 10.5. The number of carbonyl (C=O) groups is 1. The third-order valence-corrected chi connectivity index (χ3v) is 6.47. The van der Waals surface area contributed by atoms with Gasteiger partial charge >= 0.3 is 0 Å². The van der Waals surface area contributed by atoms with E-state index in [9.17, 15) is 4.79 Å². The molecule has 1 amide bonds. The van der Waals surface area contributed by atoms with Gasteiger partial charge in [0.15, 0.2) is 5.82 Å². The van der Waals surface area contributed by atoms with Gasteiger partial charge in [0, 0.05) is 45.9 Å². The molecule has 0 bridgehead atoms. The van der Waals surface area contributed by atoms with E-state index in [0.29, 0.717) is 23.0 Å². The van der Waals surface area contributed by atoms with Crippen molar-refractivity contribution in [3.05, 3.63) is 84.0 Å². The molecule has 2 heterocycles. The Morgan fingerprint density at radius 1 is 1.03 bits per heavy atom. The van der Waals surface area contributed by atoms with Crippen LogP contribution in [0, 0.1) is 6.92 Å². The molecule has 0 fully saturated rings. The summed E-state index contributed by atoms with van der Waals surface area (Å²) < 4.78 is 7.32. The number of benzene rings is 3. The van der Waals surface area contributed by atoms with Crippen LogP contribution >= 0.6 is 11.8 Å². The molecule has 160 valence electrons. The number of aromatic nitrogens is 3. The highest BCUT2D eigenvalue weighted by Gasteiger charge is 2.15. The lowest BCUT2D eigenvalue weighted by Crippen LogP contribution is -2.13. The minimum atomic E-state index is -0.143. The van der Waals surface area contributed by atoms with Gasteiger partial charge in [0.1, 0.15) is 0 Å². The average molecular weight is 443 g/mol. The van der Waals surface area contributed by atoms with E-state index in [0.717, 1.165) is 28.0 Å². The fourth-order valence-corrected chi connectivity index (χ4v) is 4.89. The summed E-state index contributed by atoms with van der Waals surface area (Å²) in [5.41, 5.74) is 3.76. The molecule has 0 unspecified atom stereocenters. The summed E-state index contributed by atoms with van der Waals surface area (Å²) in [6.45, 7) is 4.80. The first-order valence-corrected chi connectivity index (χ1v) is 11.5. The maximum atomic E-state index is 13.1. The molecule has 5 rings (SSSR count). The SMILES string of the molecule is CCn1c2ccccc2c2cc(NC(=O)c3ccccc3SCc3noc(C)n3)ccc21. The average Bonchev–Trinajstić information content (AvgIpc) is 3.38. The van der Waals surface area contributed by atoms with Crippen LogP contribution in [0.2, 0.25) is 0 Å². The third-order valence-electron chi connectivity index (χ3n) is 5.40. The topological polar surface area (TPSA) is 73.0 Å². The summed E-state index contributed by atoms with van der Waals surface area (Å²) in [5.74, 6) is 1.53. The van der Waals surface area contributed by atoms with Crippen LogP contribution in [0.25, 0.3) is 21.8 Å². The second kappa shape index (κ2) is 8.51. The molecule has 0 spiro atoms. The molecule has 32 heavy (non-hydrogen) atoms. The van der Waals surface area contributed by atoms with Gasteiger partial charge in [-0.25, -0.2) is 0 Å². The molecule has 0 atom stereocenters. The van der Waals surface area contributed by atoms with Crippen molar-refractivity contribution in [1.82, 2.24) is 14.7 Å². The molecule has 5 aromatic rings. The Morgan fingerprint density at radius 2 is 1.81 bits per heavy atom. The summed E-state index contributed by atoms with van der Waals surface area (Å²) in [6.07, 6.45) is 0. The molecule has 0 saturated carbocycles. The van der Waals surface area contributed by atoms with Crippen molar-refractivity contribution in [3.63, 3.8) is 0 Å². The van der Waals surface area contributed by atoms with Crippen LogP contribution in [-0.2, 0) is 12.3 Å². The van der Waals surface area contributed by atoms with Gasteiger partial charge in [0.05, 0.1) is 11.3 Å². The predicted molar refractivity (Wildman–Crippen MR) is 128 cm³/mol. The van der Waals surface area contributed by atoms with Crippen molar-refractivity contribution in [2.45, 2.75) is 31.0 Å². The zero-order chi connectivity index (χ0) is 22.1. The van der Waals surface area contributed by atoms with E-state index >= 15 is 0 Å². The summed E-state index contributed by atoms with van der Waals surface area (Å²) in [4.78, 5) is 18.2. The van der Waals surface area contributed by atoms with Gasteiger partial charge in [-0.1, -0.05) is 35.5 Å². The van der Waals surface area contributed by atoms with Crippen LogP contribution in [0.15, 0.2) is 76.1 Å². The first-order chi connectivity index (χ1) is 15.6. The van der Waals surface area contributed by atoms with Crippen LogP contribution in [0.5, 0.6) is 0 Å². The van der Waals surface area contributed by atoms with Crippen LogP contribution in [0.3, 0.4) is 0 Å². The summed E-state index contributed by atoms with van der Waals surface area (Å²) >= 11 is 1.51. The summed E-state index contributed by atoms with van der Waals surface area (Å²) in [5, 5.41) is 9.32. The third kappa shape index (κ3) is 3.76. The highest BCUT2D eigenvalue weighted by molar-refractivity contribution is 7.98. The summed E-state index contributed by atoms with van der Waals surface area (Å²) in [6, 6.07) is 22.0. The van der Waals surface area contributed by atoms with Crippen LogP contribution in [-0.4, -0.2) is 20.6 Å². The second-order valence-corrected chi connectivity index (χ2v) is 8.48. The number of aryl methyl sites for hydroxylation is 2. The number of hydrogen-bond acceptors (Lipinski definition) is 5. The Hall–Kier alpha value is -3.58. The van der Waals surface area contributed by atoms with E-state index in [2.05, 4.69) is 57.3 Å². The fraction of sp³-hybridized carbons (Fsp3) is 0.160. The molecule has 7 heteroatoms. The van der Waals surface area contributed by atoms with Gasteiger partial charge in [-0.05, 0) is 43.3 Å². The van der Waals surface area contributed by atoms with E-state index in [1.165, 1.54) is 22.7 Å². The maximum Gasteiger partial charge on any atom is 0.256 e. The maximum absolute atomic E-state index is 13.1. The Kier molecular flexibility index (Phi) is 5.41. The predicted octanol–water partition coefficient (Wildman–Crippen LogP) is 6.05. The van der Waals surface area contributed by atoms with Gasteiger partial charge in [-0.15, -0.1) is 11.8 Å². The molecule has 0 aliphatic rings. The van der Waals surface area contributed by atoms with Gasteiger partial charge in [0.2, 0.25) is 5.89 Å². The number of rotatable bonds is 6. The Morgan fingerprint density at radius 3 is 2.62 bits per heavy atom. The second-order valence-electron chi connectivity index (χ2n) is 7.46. The minimum absolute atomic E-state index is 0.143. The van der Waals surface area contributed by atoms with Crippen molar-refractivity contribution in [3.8, 4) is 0 Å². The number of thioether (sulfide) groups is 1. The number of hydrogen-bond donors (Lipinski definition) is 1. The quantitative estimate of drug-likeness (QED) is 0.324. The molecule has 0 saturated heterocycles. The van der Waals surface area contributed by atoms with Gasteiger partial charge in [-0.3, -0.25) is 4.79 Å². The van der Waals surface area contributed by atoms with Crippen molar-refractivity contribution in [2.75, 3.05) is 5.32 Å². The number of para-hydroxylation sites is 1. The highest BCUT2D eigenvalue weighted by atomic mass is 32.2. The molecule has 1 N–H and O–H groups in total. The van der Waals surface area contributed by atoms with Crippen molar-refractivity contribution < 1.29 is 9.32 Å². The lowest BCUT2D eigenvalue weighted by molar-refractivity contribution is 0.102. The highest BCUT2D eigenvalue weighted by Crippen LogP contribution is 2.32. The summed E-state index contributed by atoms with van der Waals surface area (Å²) in [7, 11) is 0. The molecule has 0 aliphatic carbocycles. The Balaban J connectivity index is 1.42. The van der Waals surface area contributed by atoms with Crippen LogP contribution in [0.1, 0.15) is 29.0 Å². The molecule has 6 nitrogen and oxygen atoms in total. The van der Waals surface area contributed by atoms with Crippen molar-refractivity contribution >= 4 is 45.2 Å². The van der Waals surface area contributed by atoms with Crippen LogP contribution < -0.4 is 5.32 Å². The van der Waals surface area contributed by atoms with E-state index in [-0.39, 0.29) is 5.91 Å². The number of nitrogens with zero attached hydrogens (tertiary/aromatic N) is 3. The Labute approximate surface area is 189 Å². The number of carbonyl (C=O) groups excluding carboxylic acids is 1. The van der Waals surface area contributed by atoms with E-state index in [1.807, 2.05) is 36.4 Å². The van der Waals surface area contributed by atoms with Crippen molar-refractivity contribution in [2.24, 2.45) is 0 Å². The van der Waals surface area contributed by atoms with Gasteiger partial charge in [0.25, 0.3) is 5.91 Å². The zero-order valence-corrected chi connectivity index (χ0v) is 18.6. The number of amides is 1. The fourth-order valence-electron chi connectivity index (χ4n) is 3.99.